The van der Waals surface area contributed by atoms with Crippen LogP contribution in [0.15, 0.2) is 24.3 Å². The van der Waals surface area contributed by atoms with Crippen molar-refractivity contribution in [3.63, 3.8) is 0 Å². The lowest BCUT2D eigenvalue weighted by Crippen LogP contribution is -2.46. The number of nitrogens with zero attached hydrogens (tertiary/aromatic N) is 2. The van der Waals surface area contributed by atoms with Crippen LogP contribution in [0.2, 0.25) is 5.02 Å². The molecule has 0 aliphatic carbocycles. The first kappa shape index (κ1) is 14.2. The van der Waals surface area contributed by atoms with Gasteiger partial charge in [-0.05, 0) is 51.2 Å². The van der Waals surface area contributed by atoms with Crippen LogP contribution < -0.4 is 5.32 Å². The Kier molecular flexibility index (Phi) is 4.66. The van der Waals surface area contributed by atoms with Crippen LogP contribution in [-0.2, 0) is 0 Å². The van der Waals surface area contributed by atoms with E-state index in [-0.39, 0.29) is 6.03 Å². The standard InChI is InChI=1S/C14H20ClN3O/c1-17-8-6-13(7-9-17)18(2)14(19)16-12-5-3-4-11(15)10-12/h3-5,10,13H,6-9H2,1-2H3,(H,16,19). The van der Waals surface area contributed by atoms with E-state index in [1.807, 2.05) is 19.2 Å². The van der Waals surface area contributed by atoms with Crippen molar-refractivity contribution in [2.24, 2.45) is 0 Å². The molecule has 0 unspecified atom stereocenters. The SMILES string of the molecule is CN1CCC(N(C)C(=O)Nc2cccc(Cl)c2)CC1. The number of hydrogen-bond donors (Lipinski definition) is 1. The summed E-state index contributed by atoms with van der Waals surface area (Å²) in [4.78, 5) is 16.3. The van der Waals surface area contributed by atoms with Crippen molar-refractivity contribution < 1.29 is 4.79 Å². The van der Waals surface area contributed by atoms with Gasteiger partial charge in [0.05, 0.1) is 0 Å². The first-order valence-electron chi connectivity index (χ1n) is 6.54. The molecule has 2 rings (SSSR count). The van der Waals surface area contributed by atoms with Gasteiger partial charge in [0, 0.05) is 23.8 Å². The molecular weight excluding hydrogens is 262 g/mol. The molecule has 19 heavy (non-hydrogen) atoms. The maximum absolute atomic E-state index is 12.2. The predicted octanol–water partition coefficient (Wildman–Crippen LogP) is 2.90. The van der Waals surface area contributed by atoms with E-state index in [1.54, 1.807) is 17.0 Å². The van der Waals surface area contributed by atoms with Crippen molar-refractivity contribution in [2.75, 3.05) is 32.5 Å². The number of amides is 2. The fraction of sp³-hybridized carbons (Fsp3) is 0.500. The summed E-state index contributed by atoms with van der Waals surface area (Å²) < 4.78 is 0. The highest BCUT2D eigenvalue weighted by Gasteiger charge is 2.23. The Balaban J connectivity index is 1.92. The second kappa shape index (κ2) is 6.26. The summed E-state index contributed by atoms with van der Waals surface area (Å²) >= 11 is 5.90. The van der Waals surface area contributed by atoms with Gasteiger partial charge in [-0.2, -0.15) is 0 Å². The van der Waals surface area contributed by atoms with E-state index in [1.165, 1.54) is 0 Å². The highest BCUT2D eigenvalue weighted by Crippen LogP contribution is 2.18. The van der Waals surface area contributed by atoms with E-state index in [4.69, 9.17) is 11.6 Å². The largest absolute Gasteiger partial charge is 0.325 e. The molecule has 0 saturated carbocycles. The summed E-state index contributed by atoms with van der Waals surface area (Å²) in [6.45, 7) is 2.08. The zero-order valence-electron chi connectivity index (χ0n) is 11.4. The average molecular weight is 282 g/mol. The van der Waals surface area contributed by atoms with Crippen LogP contribution in [0.1, 0.15) is 12.8 Å². The lowest BCUT2D eigenvalue weighted by atomic mass is 10.0. The van der Waals surface area contributed by atoms with Crippen molar-refractivity contribution in [3.05, 3.63) is 29.3 Å². The van der Waals surface area contributed by atoms with Crippen LogP contribution in [0, 0.1) is 0 Å². The number of nitrogens with one attached hydrogen (secondary N) is 1. The predicted molar refractivity (Wildman–Crippen MR) is 78.8 cm³/mol. The van der Waals surface area contributed by atoms with Crippen molar-refractivity contribution in [1.82, 2.24) is 9.80 Å². The third-order valence-corrected chi connectivity index (χ3v) is 3.87. The van der Waals surface area contributed by atoms with Crippen molar-refractivity contribution in [1.29, 1.82) is 0 Å². The molecule has 0 spiro atoms. The molecule has 0 atom stereocenters. The topological polar surface area (TPSA) is 35.6 Å². The van der Waals surface area contributed by atoms with Crippen LogP contribution in [-0.4, -0.2) is 49.1 Å². The third-order valence-electron chi connectivity index (χ3n) is 3.63. The Hall–Kier alpha value is -1.26. The fourth-order valence-corrected chi connectivity index (χ4v) is 2.52. The molecule has 0 radical (unpaired) electrons. The van der Waals surface area contributed by atoms with Gasteiger partial charge in [0.25, 0.3) is 0 Å². The molecular formula is C14H20ClN3O. The molecule has 1 heterocycles. The third kappa shape index (κ3) is 3.85. The van der Waals surface area contributed by atoms with Crippen LogP contribution >= 0.6 is 11.6 Å². The van der Waals surface area contributed by atoms with Gasteiger partial charge in [-0.25, -0.2) is 4.79 Å². The number of urea groups is 1. The fourth-order valence-electron chi connectivity index (χ4n) is 2.33. The number of likely N-dealkylation sites (tertiary alicyclic amines) is 1. The van der Waals surface area contributed by atoms with Crippen molar-refractivity contribution in [3.8, 4) is 0 Å². The molecule has 1 aromatic rings. The lowest BCUT2D eigenvalue weighted by molar-refractivity contribution is 0.156. The molecule has 1 aromatic carbocycles. The number of anilines is 1. The van der Waals surface area contributed by atoms with Gasteiger partial charge in [-0.3, -0.25) is 0 Å². The maximum atomic E-state index is 12.2. The van der Waals surface area contributed by atoms with Crippen molar-refractivity contribution in [2.45, 2.75) is 18.9 Å². The Morgan fingerprint density at radius 1 is 1.42 bits per heavy atom. The van der Waals surface area contributed by atoms with Gasteiger partial charge in [-0.1, -0.05) is 17.7 Å². The molecule has 1 aliphatic rings. The number of hydrogen-bond acceptors (Lipinski definition) is 2. The summed E-state index contributed by atoms with van der Waals surface area (Å²) in [6.07, 6.45) is 2.05. The Morgan fingerprint density at radius 3 is 2.74 bits per heavy atom. The first-order chi connectivity index (χ1) is 9.06. The van der Waals surface area contributed by atoms with E-state index in [0.717, 1.165) is 31.6 Å². The normalized spacial score (nSPS) is 17.2. The maximum Gasteiger partial charge on any atom is 0.321 e. The van der Waals surface area contributed by atoms with Gasteiger partial charge in [0.1, 0.15) is 0 Å². The van der Waals surface area contributed by atoms with E-state index in [2.05, 4.69) is 17.3 Å². The van der Waals surface area contributed by atoms with Gasteiger partial charge < -0.3 is 15.1 Å². The minimum atomic E-state index is -0.0724. The summed E-state index contributed by atoms with van der Waals surface area (Å²) in [5.41, 5.74) is 0.734. The summed E-state index contributed by atoms with van der Waals surface area (Å²) in [6, 6.07) is 7.45. The van der Waals surface area contributed by atoms with Crippen LogP contribution in [0.5, 0.6) is 0 Å². The van der Waals surface area contributed by atoms with Crippen LogP contribution in [0.3, 0.4) is 0 Å². The second-order valence-electron chi connectivity index (χ2n) is 5.09. The van der Waals surface area contributed by atoms with Crippen LogP contribution in [0.4, 0.5) is 10.5 Å². The molecule has 5 heteroatoms. The quantitative estimate of drug-likeness (QED) is 0.905. The molecule has 4 nitrogen and oxygen atoms in total. The number of halogens is 1. The zero-order chi connectivity index (χ0) is 13.8. The number of benzene rings is 1. The van der Waals surface area contributed by atoms with E-state index >= 15 is 0 Å². The molecule has 104 valence electrons. The molecule has 1 N–H and O–H groups in total. The van der Waals surface area contributed by atoms with E-state index < -0.39 is 0 Å². The summed E-state index contributed by atoms with van der Waals surface area (Å²) in [5, 5.41) is 3.50. The zero-order valence-corrected chi connectivity index (χ0v) is 12.2. The Bertz CT molecular complexity index is 444. The Morgan fingerprint density at radius 2 is 2.11 bits per heavy atom. The monoisotopic (exact) mass is 281 g/mol. The average Bonchev–Trinajstić information content (AvgIpc) is 2.39. The Labute approximate surface area is 119 Å². The minimum absolute atomic E-state index is 0.0724. The molecule has 2 amide bonds. The highest BCUT2D eigenvalue weighted by molar-refractivity contribution is 6.30. The highest BCUT2D eigenvalue weighted by atomic mass is 35.5. The van der Waals surface area contributed by atoms with Gasteiger partial charge in [0.2, 0.25) is 0 Å². The molecule has 1 saturated heterocycles. The van der Waals surface area contributed by atoms with E-state index in [9.17, 15) is 4.79 Å². The van der Waals surface area contributed by atoms with Crippen molar-refractivity contribution >= 4 is 23.3 Å². The first-order valence-corrected chi connectivity index (χ1v) is 6.92. The van der Waals surface area contributed by atoms with Gasteiger partial charge in [0.15, 0.2) is 0 Å². The lowest BCUT2D eigenvalue weighted by Gasteiger charge is -2.35. The number of carbonyl (C=O) groups is 1. The number of carbonyl (C=O) groups excluding carboxylic acids is 1. The summed E-state index contributed by atoms with van der Waals surface area (Å²) in [5.74, 6) is 0. The summed E-state index contributed by atoms with van der Waals surface area (Å²) in [7, 11) is 3.97. The minimum Gasteiger partial charge on any atom is -0.325 e. The molecule has 0 aromatic heterocycles. The second-order valence-corrected chi connectivity index (χ2v) is 5.52. The van der Waals surface area contributed by atoms with Crippen LogP contribution in [0.25, 0.3) is 0 Å². The smallest absolute Gasteiger partial charge is 0.321 e. The number of piperidine rings is 1. The molecule has 1 fully saturated rings. The van der Waals surface area contributed by atoms with Gasteiger partial charge >= 0.3 is 6.03 Å². The van der Waals surface area contributed by atoms with Gasteiger partial charge in [-0.15, -0.1) is 0 Å². The molecule has 0 bridgehead atoms. The van der Waals surface area contributed by atoms with E-state index in [0.29, 0.717) is 11.1 Å². The molecule has 1 aliphatic heterocycles. The number of rotatable bonds is 2.